The zero-order chi connectivity index (χ0) is 17.7. The van der Waals surface area contributed by atoms with Crippen molar-refractivity contribution in [2.75, 3.05) is 19.0 Å². The van der Waals surface area contributed by atoms with Gasteiger partial charge in [0.15, 0.2) is 5.75 Å². The second kappa shape index (κ2) is 8.04. The molecule has 7 heteroatoms. The number of hydrogen-bond donors (Lipinski definition) is 1. The van der Waals surface area contributed by atoms with Gasteiger partial charge in [0.25, 0.3) is 5.91 Å². The fourth-order valence-corrected chi connectivity index (χ4v) is 2.55. The van der Waals surface area contributed by atoms with Gasteiger partial charge in [-0.25, -0.2) is 4.79 Å². The Morgan fingerprint density at radius 2 is 1.83 bits per heavy atom. The predicted molar refractivity (Wildman–Crippen MR) is 93.4 cm³/mol. The number of amides is 1. The second-order valence-corrected chi connectivity index (χ2v) is 5.51. The Balaban J connectivity index is 2.30. The molecular formula is C17H15Cl2NO4. The van der Waals surface area contributed by atoms with Gasteiger partial charge in [-0.1, -0.05) is 29.3 Å². The number of halogens is 2. The van der Waals surface area contributed by atoms with Crippen LogP contribution in [0.15, 0.2) is 36.4 Å². The van der Waals surface area contributed by atoms with Crippen molar-refractivity contribution in [3.05, 3.63) is 57.6 Å². The van der Waals surface area contributed by atoms with Crippen molar-refractivity contribution in [2.45, 2.75) is 6.92 Å². The molecule has 0 fully saturated rings. The number of benzene rings is 2. The van der Waals surface area contributed by atoms with Crippen LogP contribution in [0.5, 0.6) is 5.75 Å². The molecule has 0 spiro atoms. The molecule has 24 heavy (non-hydrogen) atoms. The Morgan fingerprint density at radius 1 is 1.12 bits per heavy atom. The number of hydrogen-bond acceptors (Lipinski definition) is 4. The number of ether oxygens (including phenoxy) is 2. The Labute approximate surface area is 149 Å². The van der Waals surface area contributed by atoms with Crippen LogP contribution in [-0.4, -0.2) is 25.6 Å². The van der Waals surface area contributed by atoms with Gasteiger partial charge in [0.2, 0.25) is 0 Å². The number of carbonyl (C=O) groups excluding carboxylic acids is 2. The van der Waals surface area contributed by atoms with Gasteiger partial charge in [0.1, 0.15) is 5.56 Å². The molecule has 0 aliphatic heterocycles. The van der Waals surface area contributed by atoms with E-state index < -0.39 is 11.9 Å². The maximum atomic E-state index is 12.5. The van der Waals surface area contributed by atoms with Gasteiger partial charge in [0, 0.05) is 5.69 Å². The van der Waals surface area contributed by atoms with E-state index in [0.717, 1.165) is 0 Å². The van der Waals surface area contributed by atoms with E-state index in [-0.39, 0.29) is 28.0 Å². The molecule has 126 valence electrons. The normalized spacial score (nSPS) is 10.2. The first-order valence-electron chi connectivity index (χ1n) is 7.08. The Hall–Kier alpha value is -2.24. The molecule has 1 N–H and O–H groups in total. The minimum atomic E-state index is -0.500. The van der Waals surface area contributed by atoms with E-state index in [4.69, 9.17) is 32.7 Å². The highest BCUT2D eigenvalue weighted by Gasteiger charge is 2.20. The van der Waals surface area contributed by atoms with Crippen molar-refractivity contribution in [3.8, 4) is 5.75 Å². The smallest absolute Gasteiger partial charge is 0.338 e. The molecule has 0 aliphatic rings. The average molecular weight is 368 g/mol. The number of anilines is 1. The third kappa shape index (κ3) is 3.99. The van der Waals surface area contributed by atoms with E-state index in [1.165, 1.54) is 19.2 Å². The number of methoxy groups -OCH3 is 1. The number of nitrogens with one attached hydrogen (secondary N) is 1. The molecule has 1 amide bonds. The second-order valence-electron chi connectivity index (χ2n) is 4.69. The third-order valence-electron chi connectivity index (χ3n) is 3.12. The molecule has 0 heterocycles. The Morgan fingerprint density at radius 3 is 2.50 bits per heavy atom. The van der Waals surface area contributed by atoms with E-state index in [1.54, 1.807) is 31.2 Å². The van der Waals surface area contributed by atoms with E-state index >= 15 is 0 Å². The largest absolute Gasteiger partial charge is 0.494 e. The zero-order valence-electron chi connectivity index (χ0n) is 13.1. The lowest BCUT2D eigenvalue weighted by Crippen LogP contribution is -2.15. The van der Waals surface area contributed by atoms with Crippen molar-refractivity contribution in [2.24, 2.45) is 0 Å². The number of carbonyl (C=O) groups is 2. The molecule has 0 saturated heterocycles. The maximum Gasteiger partial charge on any atom is 0.338 e. The lowest BCUT2D eigenvalue weighted by molar-refractivity contribution is 0.0526. The first-order valence-corrected chi connectivity index (χ1v) is 7.84. The first kappa shape index (κ1) is 18.1. The summed E-state index contributed by atoms with van der Waals surface area (Å²) in [6.45, 7) is 1.99. The lowest BCUT2D eigenvalue weighted by Gasteiger charge is -2.13. The third-order valence-corrected chi connectivity index (χ3v) is 3.73. The maximum absolute atomic E-state index is 12.5. The highest BCUT2D eigenvalue weighted by atomic mass is 35.5. The van der Waals surface area contributed by atoms with E-state index in [2.05, 4.69) is 5.32 Å². The van der Waals surface area contributed by atoms with Gasteiger partial charge in [-0.05, 0) is 37.3 Å². The molecule has 0 unspecified atom stereocenters. The summed E-state index contributed by atoms with van der Waals surface area (Å²) in [4.78, 5) is 24.3. The summed E-state index contributed by atoms with van der Waals surface area (Å²) < 4.78 is 10.1. The summed E-state index contributed by atoms with van der Waals surface area (Å²) in [7, 11) is 1.40. The first-order chi connectivity index (χ1) is 11.5. The van der Waals surface area contributed by atoms with Crippen LogP contribution in [0.25, 0.3) is 0 Å². The number of esters is 1. The standard InChI is InChI=1S/C17H15Cl2NO4/c1-3-24-17(22)10-5-4-6-11(9-10)20-16(21)14-12(18)7-8-13(19)15(14)23-2/h4-9H,3H2,1-2H3,(H,20,21). The van der Waals surface area contributed by atoms with Crippen LogP contribution in [0.3, 0.4) is 0 Å². The van der Waals surface area contributed by atoms with Crippen LogP contribution < -0.4 is 10.1 Å². The molecule has 2 aromatic rings. The topological polar surface area (TPSA) is 64.6 Å². The van der Waals surface area contributed by atoms with Gasteiger partial charge < -0.3 is 14.8 Å². The lowest BCUT2D eigenvalue weighted by atomic mass is 10.1. The monoisotopic (exact) mass is 367 g/mol. The van der Waals surface area contributed by atoms with Gasteiger partial charge in [-0.3, -0.25) is 4.79 Å². The fraction of sp³-hybridized carbons (Fsp3) is 0.176. The van der Waals surface area contributed by atoms with Crippen molar-refractivity contribution < 1.29 is 19.1 Å². The van der Waals surface area contributed by atoms with Crippen LogP contribution in [0.2, 0.25) is 10.0 Å². The van der Waals surface area contributed by atoms with Crippen LogP contribution in [0, 0.1) is 0 Å². The molecule has 0 radical (unpaired) electrons. The quantitative estimate of drug-likeness (QED) is 0.793. The van der Waals surface area contributed by atoms with E-state index in [1.807, 2.05) is 0 Å². The SMILES string of the molecule is CCOC(=O)c1cccc(NC(=O)c2c(Cl)ccc(Cl)c2OC)c1. The molecule has 2 rings (SSSR count). The van der Waals surface area contributed by atoms with Gasteiger partial charge in [-0.2, -0.15) is 0 Å². The zero-order valence-corrected chi connectivity index (χ0v) is 14.6. The average Bonchev–Trinajstić information content (AvgIpc) is 2.57. The molecule has 2 aromatic carbocycles. The van der Waals surface area contributed by atoms with Gasteiger partial charge in [0.05, 0.1) is 29.3 Å². The van der Waals surface area contributed by atoms with Crippen molar-refractivity contribution in [1.82, 2.24) is 0 Å². The van der Waals surface area contributed by atoms with Crippen LogP contribution >= 0.6 is 23.2 Å². The fourth-order valence-electron chi connectivity index (χ4n) is 2.08. The summed E-state index contributed by atoms with van der Waals surface area (Å²) in [5.41, 5.74) is 0.871. The molecule has 0 saturated carbocycles. The summed E-state index contributed by atoms with van der Waals surface area (Å²) in [5.74, 6) is -0.782. The Bertz CT molecular complexity index is 777. The van der Waals surface area contributed by atoms with Gasteiger partial charge >= 0.3 is 5.97 Å². The predicted octanol–water partition coefficient (Wildman–Crippen LogP) is 4.43. The number of rotatable bonds is 5. The summed E-state index contributed by atoms with van der Waals surface area (Å²) in [6.07, 6.45) is 0. The minimum Gasteiger partial charge on any atom is -0.494 e. The summed E-state index contributed by atoms with van der Waals surface area (Å²) in [5, 5.41) is 3.14. The van der Waals surface area contributed by atoms with Crippen LogP contribution in [0.4, 0.5) is 5.69 Å². The Kier molecular flexibility index (Phi) is 6.06. The molecular weight excluding hydrogens is 353 g/mol. The van der Waals surface area contributed by atoms with Crippen molar-refractivity contribution in [3.63, 3.8) is 0 Å². The molecule has 0 bridgehead atoms. The highest BCUT2D eigenvalue weighted by Crippen LogP contribution is 2.34. The van der Waals surface area contributed by atoms with Crippen LogP contribution in [0.1, 0.15) is 27.6 Å². The van der Waals surface area contributed by atoms with Crippen molar-refractivity contribution >= 4 is 40.8 Å². The molecule has 5 nitrogen and oxygen atoms in total. The van der Waals surface area contributed by atoms with Gasteiger partial charge in [-0.15, -0.1) is 0 Å². The van der Waals surface area contributed by atoms with Crippen molar-refractivity contribution in [1.29, 1.82) is 0 Å². The molecule has 0 atom stereocenters. The van der Waals surface area contributed by atoms with Crippen LogP contribution in [-0.2, 0) is 4.74 Å². The summed E-state index contributed by atoms with van der Waals surface area (Å²) >= 11 is 12.1. The highest BCUT2D eigenvalue weighted by molar-refractivity contribution is 6.37. The van der Waals surface area contributed by atoms with E-state index in [9.17, 15) is 9.59 Å². The summed E-state index contributed by atoms with van der Waals surface area (Å²) in [6, 6.07) is 9.45. The molecule has 0 aliphatic carbocycles. The molecule has 0 aromatic heterocycles. The minimum absolute atomic E-state index is 0.119. The van der Waals surface area contributed by atoms with E-state index in [0.29, 0.717) is 11.3 Å².